The van der Waals surface area contributed by atoms with Crippen molar-refractivity contribution in [2.45, 2.75) is 59.2 Å². The average molecular weight is 296 g/mol. The number of rotatable bonds is 5. The number of hydrogen-bond acceptors (Lipinski definition) is 1. The van der Waals surface area contributed by atoms with Crippen LogP contribution in [0, 0.1) is 5.92 Å². The molecule has 0 nitrogen and oxygen atoms in total. The fourth-order valence-corrected chi connectivity index (χ4v) is 3.32. The number of hydrogen-bond donors (Lipinski definition) is 0. The van der Waals surface area contributed by atoms with Crippen molar-refractivity contribution in [2.75, 3.05) is 0 Å². The highest BCUT2D eigenvalue weighted by atomic mass is 32.1. The van der Waals surface area contributed by atoms with E-state index < -0.39 is 0 Å². The molecule has 21 heavy (non-hydrogen) atoms. The zero-order valence-corrected chi connectivity index (χ0v) is 14.7. The van der Waals surface area contributed by atoms with Crippen LogP contribution in [0.2, 0.25) is 5.82 Å². The fraction of sp³-hybridized carbons (Fsp3) is 0.556. The van der Waals surface area contributed by atoms with Crippen LogP contribution in [0.5, 0.6) is 0 Å². The molecule has 1 aliphatic carbocycles. The minimum atomic E-state index is 0.312. The second kappa shape index (κ2) is 9.35. The van der Waals surface area contributed by atoms with Crippen LogP contribution in [0.3, 0.4) is 0 Å². The quantitative estimate of drug-likeness (QED) is 0.666. The molecule has 3 heteroatoms. The Balaban J connectivity index is 0.00000106. The Morgan fingerprint density at radius 1 is 1.10 bits per heavy atom. The van der Waals surface area contributed by atoms with Gasteiger partial charge in [0.25, 0.3) is 0 Å². The Bertz CT molecular complexity index is 483. The van der Waals surface area contributed by atoms with Gasteiger partial charge in [0.05, 0.1) is 7.85 Å². The lowest BCUT2D eigenvalue weighted by atomic mass is 9.80. The molecule has 1 aliphatic rings. The highest BCUT2D eigenvalue weighted by Crippen LogP contribution is 2.33. The fourth-order valence-electron chi connectivity index (χ4n) is 2.49. The average Bonchev–Trinajstić information content (AvgIpc) is 2.93. The molecule has 0 saturated heterocycles. The predicted octanol–water partition coefficient (Wildman–Crippen LogP) is 5.06. The topological polar surface area (TPSA) is 0 Å². The van der Waals surface area contributed by atoms with Gasteiger partial charge in [0.2, 0.25) is 0 Å². The molecule has 110 valence electrons. The summed E-state index contributed by atoms with van der Waals surface area (Å²) < 4.78 is 0.899. The van der Waals surface area contributed by atoms with Crippen LogP contribution in [0.1, 0.15) is 58.3 Å². The SMILES string of the molecule is CC.[B]c1ccc(C2=CC=C(C(C)CCC([B])C)CC2)s1. The van der Waals surface area contributed by atoms with E-state index in [-0.39, 0.29) is 0 Å². The van der Waals surface area contributed by atoms with Gasteiger partial charge in [0.1, 0.15) is 7.85 Å². The van der Waals surface area contributed by atoms with E-state index in [0.29, 0.717) is 11.7 Å². The van der Waals surface area contributed by atoms with Crippen LogP contribution >= 0.6 is 11.3 Å². The summed E-state index contributed by atoms with van der Waals surface area (Å²) in [5, 5.41) is 0. The molecule has 2 rings (SSSR count). The van der Waals surface area contributed by atoms with Crippen molar-refractivity contribution in [3.05, 3.63) is 34.7 Å². The first-order chi connectivity index (χ1) is 10.1. The second-order valence-electron chi connectivity index (χ2n) is 5.59. The summed E-state index contributed by atoms with van der Waals surface area (Å²) in [6.45, 7) is 8.40. The van der Waals surface area contributed by atoms with Gasteiger partial charge in [-0.15, -0.1) is 0 Å². The summed E-state index contributed by atoms with van der Waals surface area (Å²) >= 11 is 1.68. The van der Waals surface area contributed by atoms with Gasteiger partial charge in [-0.2, -0.15) is 11.3 Å². The Morgan fingerprint density at radius 3 is 2.29 bits per heavy atom. The van der Waals surface area contributed by atoms with E-state index in [9.17, 15) is 0 Å². The van der Waals surface area contributed by atoms with Crippen molar-refractivity contribution in [3.63, 3.8) is 0 Å². The van der Waals surface area contributed by atoms with Crippen molar-refractivity contribution in [1.29, 1.82) is 0 Å². The molecule has 0 amide bonds. The van der Waals surface area contributed by atoms with E-state index in [1.54, 1.807) is 16.9 Å². The van der Waals surface area contributed by atoms with Gasteiger partial charge in [0, 0.05) is 4.88 Å². The van der Waals surface area contributed by atoms with Crippen LogP contribution in [0.25, 0.3) is 5.57 Å². The van der Waals surface area contributed by atoms with Gasteiger partial charge in [-0.1, -0.05) is 63.7 Å². The standard InChI is InChI=1S/C16H20B2S.C2H6/c1-11(3-4-12(2)17)13-5-7-14(8-6-13)15-9-10-16(18)19-15;1-2/h5,7,9-12H,3-4,6,8H2,1-2H3;1-2H3. The van der Waals surface area contributed by atoms with Gasteiger partial charge in [0.15, 0.2) is 0 Å². The molecule has 1 aromatic heterocycles. The molecule has 4 radical (unpaired) electrons. The van der Waals surface area contributed by atoms with Crippen molar-refractivity contribution in [2.24, 2.45) is 5.92 Å². The van der Waals surface area contributed by atoms with Crippen LogP contribution in [-0.2, 0) is 0 Å². The van der Waals surface area contributed by atoms with E-state index in [4.69, 9.17) is 15.7 Å². The lowest BCUT2D eigenvalue weighted by Crippen LogP contribution is -2.04. The Hall–Kier alpha value is -0.690. The van der Waals surface area contributed by atoms with E-state index >= 15 is 0 Å². The lowest BCUT2D eigenvalue weighted by molar-refractivity contribution is 0.554. The maximum Gasteiger partial charge on any atom is 0.128 e. The first-order valence-corrected chi connectivity index (χ1v) is 8.89. The smallest absolute Gasteiger partial charge is 0.128 e. The van der Waals surface area contributed by atoms with E-state index in [0.717, 1.165) is 17.6 Å². The van der Waals surface area contributed by atoms with Gasteiger partial charge in [-0.3, -0.25) is 0 Å². The molecule has 0 N–H and O–H groups in total. The third kappa shape index (κ3) is 5.90. The third-order valence-electron chi connectivity index (χ3n) is 3.81. The first kappa shape index (κ1) is 18.4. The summed E-state index contributed by atoms with van der Waals surface area (Å²) in [4.78, 5) is 1.32. The molecule has 0 aliphatic heterocycles. The van der Waals surface area contributed by atoms with Gasteiger partial charge >= 0.3 is 0 Å². The Morgan fingerprint density at radius 2 is 1.81 bits per heavy atom. The van der Waals surface area contributed by atoms with Crippen LogP contribution in [-0.4, -0.2) is 15.7 Å². The van der Waals surface area contributed by atoms with Crippen LogP contribution in [0.15, 0.2) is 29.9 Å². The van der Waals surface area contributed by atoms with E-state index in [2.05, 4.69) is 32.1 Å². The monoisotopic (exact) mass is 296 g/mol. The maximum atomic E-state index is 5.83. The van der Waals surface area contributed by atoms with Crippen LogP contribution in [0.4, 0.5) is 0 Å². The van der Waals surface area contributed by atoms with Crippen molar-refractivity contribution >= 4 is 37.4 Å². The highest BCUT2D eigenvalue weighted by Gasteiger charge is 2.14. The van der Waals surface area contributed by atoms with Gasteiger partial charge < -0.3 is 0 Å². The number of allylic oxidation sites excluding steroid dienone is 4. The summed E-state index contributed by atoms with van der Waals surface area (Å²) in [6.07, 6.45) is 9.18. The molecule has 0 aromatic carbocycles. The summed E-state index contributed by atoms with van der Waals surface area (Å²) in [5.74, 6) is 0.962. The molecular weight excluding hydrogens is 270 g/mol. The molecule has 2 unspecified atom stereocenters. The number of thiophene rings is 1. The van der Waals surface area contributed by atoms with E-state index in [1.807, 2.05) is 19.9 Å². The predicted molar refractivity (Wildman–Crippen MR) is 99.9 cm³/mol. The zero-order chi connectivity index (χ0) is 15.8. The molecule has 1 aromatic rings. The van der Waals surface area contributed by atoms with Gasteiger partial charge in [-0.05, 0) is 41.6 Å². The highest BCUT2D eigenvalue weighted by molar-refractivity contribution is 7.20. The molecule has 2 atom stereocenters. The molecule has 0 saturated carbocycles. The minimum absolute atomic E-state index is 0.312. The summed E-state index contributed by atoms with van der Waals surface area (Å²) in [6, 6.07) is 4.12. The largest absolute Gasteiger partial charge is 0.152 e. The third-order valence-corrected chi connectivity index (χ3v) is 4.80. The first-order valence-electron chi connectivity index (χ1n) is 8.07. The normalized spacial score (nSPS) is 17.1. The van der Waals surface area contributed by atoms with Crippen molar-refractivity contribution < 1.29 is 0 Å². The van der Waals surface area contributed by atoms with Gasteiger partial charge in [-0.25, -0.2) is 0 Å². The van der Waals surface area contributed by atoms with Crippen LogP contribution < -0.4 is 4.78 Å². The molecule has 0 spiro atoms. The van der Waals surface area contributed by atoms with Crippen molar-refractivity contribution in [3.8, 4) is 0 Å². The van der Waals surface area contributed by atoms with E-state index in [1.165, 1.54) is 23.3 Å². The molecular formula is C18H26B2S. The molecule has 1 heterocycles. The maximum absolute atomic E-state index is 5.83. The summed E-state index contributed by atoms with van der Waals surface area (Å²) in [7, 11) is 11.6. The Kier molecular flexibility index (Phi) is 8.18. The van der Waals surface area contributed by atoms with Crippen molar-refractivity contribution in [1.82, 2.24) is 0 Å². The molecule has 0 fully saturated rings. The summed E-state index contributed by atoms with van der Waals surface area (Å²) in [5.41, 5.74) is 2.98. The minimum Gasteiger partial charge on any atom is -0.152 e. The zero-order valence-electron chi connectivity index (χ0n) is 13.9. The molecule has 0 bridgehead atoms. The second-order valence-corrected chi connectivity index (χ2v) is 6.71. The Labute approximate surface area is 137 Å². The lowest BCUT2D eigenvalue weighted by Gasteiger charge is -2.20.